The highest BCUT2D eigenvalue weighted by Crippen LogP contribution is 2.17. The van der Waals surface area contributed by atoms with E-state index >= 15 is 0 Å². The fraction of sp³-hybridized carbons (Fsp3) is 0.462. The molecule has 1 atom stereocenters. The Balaban J connectivity index is 2.32. The maximum atomic E-state index is 13.1. The third-order valence-corrected chi connectivity index (χ3v) is 3.04. The fourth-order valence-corrected chi connectivity index (χ4v) is 2.11. The predicted octanol–water partition coefficient (Wildman–Crippen LogP) is 2.38. The summed E-state index contributed by atoms with van der Waals surface area (Å²) in [5.74, 6) is 0.673. The molecule has 1 aromatic carbocycles. The van der Waals surface area contributed by atoms with Gasteiger partial charge in [0.1, 0.15) is 11.6 Å². The molecule has 0 aliphatic carbocycles. The van der Waals surface area contributed by atoms with Gasteiger partial charge in [0, 0.05) is 25.6 Å². The Morgan fingerprint density at radius 2 is 2.24 bits per heavy atom. The smallest absolute Gasteiger partial charge is 0.125 e. The molecule has 92 valence electrons. The van der Waals surface area contributed by atoms with E-state index in [4.69, 9.17) is 5.73 Å². The number of halogens is 1. The van der Waals surface area contributed by atoms with Crippen LogP contribution >= 0.6 is 0 Å². The van der Waals surface area contributed by atoms with Crippen LogP contribution in [-0.4, -0.2) is 15.6 Å². The second-order valence-corrected chi connectivity index (χ2v) is 4.47. The first-order valence-electron chi connectivity index (χ1n) is 5.98. The van der Waals surface area contributed by atoms with Crippen molar-refractivity contribution < 1.29 is 4.39 Å². The molecule has 0 aliphatic rings. The van der Waals surface area contributed by atoms with Crippen LogP contribution in [0.25, 0.3) is 11.0 Å². The van der Waals surface area contributed by atoms with Crippen LogP contribution in [0.1, 0.15) is 25.6 Å². The zero-order valence-electron chi connectivity index (χ0n) is 10.3. The monoisotopic (exact) mass is 235 g/mol. The molecule has 17 heavy (non-hydrogen) atoms. The molecule has 1 heterocycles. The molecule has 4 heteroatoms. The molecule has 1 aromatic heterocycles. The normalized spacial score (nSPS) is 13.2. The molecule has 0 bridgehead atoms. The molecular weight excluding hydrogens is 217 g/mol. The Hall–Kier alpha value is -1.42. The van der Waals surface area contributed by atoms with Crippen molar-refractivity contribution in [3.63, 3.8) is 0 Å². The molecule has 0 aliphatic heterocycles. The van der Waals surface area contributed by atoms with Crippen molar-refractivity contribution in [3.8, 4) is 0 Å². The number of imidazole rings is 1. The summed E-state index contributed by atoms with van der Waals surface area (Å²) in [7, 11) is 1.95. The van der Waals surface area contributed by atoms with Gasteiger partial charge in [-0.25, -0.2) is 9.37 Å². The van der Waals surface area contributed by atoms with Crippen molar-refractivity contribution in [1.29, 1.82) is 0 Å². The first kappa shape index (κ1) is 12.0. The molecule has 0 saturated heterocycles. The van der Waals surface area contributed by atoms with Crippen LogP contribution < -0.4 is 5.73 Å². The second-order valence-electron chi connectivity index (χ2n) is 4.47. The molecule has 0 radical (unpaired) electrons. The lowest BCUT2D eigenvalue weighted by Gasteiger charge is -2.09. The van der Waals surface area contributed by atoms with Crippen LogP contribution in [0.15, 0.2) is 18.2 Å². The molecule has 0 spiro atoms. The van der Waals surface area contributed by atoms with E-state index in [2.05, 4.69) is 11.9 Å². The van der Waals surface area contributed by atoms with Crippen LogP contribution in [0, 0.1) is 5.82 Å². The molecular formula is C13H18FN3. The maximum Gasteiger partial charge on any atom is 0.125 e. The number of aryl methyl sites for hydroxylation is 1. The number of rotatable bonds is 4. The number of aromatic nitrogens is 2. The van der Waals surface area contributed by atoms with Crippen LogP contribution in [0.5, 0.6) is 0 Å². The summed E-state index contributed by atoms with van der Waals surface area (Å²) in [5.41, 5.74) is 7.66. The Bertz CT molecular complexity index is 519. The molecule has 2 aromatic rings. The summed E-state index contributed by atoms with van der Waals surface area (Å²) in [6.07, 6.45) is 2.79. The van der Waals surface area contributed by atoms with E-state index in [1.807, 2.05) is 11.6 Å². The number of nitrogens with zero attached hydrogens (tertiary/aromatic N) is 2. The van der Waals surface area contributed by atoms with Crippen LogP contribution in [0.3, 0.4) is 0 Å². The lowest BCUT2D eigenvalue weighted by Crippen LogP contribution is -2.23. The van der Waals surface area contributed by atoms with Crippen LogP contribution in [-0.2, 0) is 13.5 Å². The van der Waals surface area contributed by atoms with Gasteiger partial charge >= 0.3 is 0 Å². The van der Waals surface area contributed by atoms with E-state index in [9.17, 15) is 4.39 Å². The summed E-state index contributed by atoms with van der Waals surface area (Å²) < 4.78 is 15.1. The molecule has 2 rings (SSSR count). The highest BCUT2D eigenvalue weighted by molar-refractivity contribution is 5.75. The molecule has 0 saturated carbocycles. The van der Waals surface area contributed by atoms with Gasteiger partial charge < -0.3 is 10.3 Å². The van der Waals surface area contributed by atoms with Gasteiger partial charge in [-0.15, -0.1) is 0 Å². The van der Waals surface area contributed by atoms with Gasteiger partial charge in [-0.3, -0.25) is 0 Å². The van der Waals surface area contributed by atoms with E-state index in [1.165, 1.54) is 12.1 Å². The van der Waals surface area contributed by atoms with Gasteiger partial charge in [0.05, 0.1) is 11.0 Å². The lowest BCUT2D eigenvalue weighted by atomic mass is 10.1. The van der Waals surface area contributed by atoms with E-state index in [1.54, 1.807) is 6.07 Å². The minimum atomic E-state index is -0.250. The standard InChI is InChI=1S/C13H18FN3/c1-3-4-10(15)8-13-16-11-7-9(14)5-6-12(11)17(13)2/h5-7,10H,3-4,8,15H2,1-2H3. The Morgan fingerprint density at radius 1 is 1.47 bits per heavy atom. The van der Waals surface area contributed by atoms with Crippen molar-refractivity contribution in [1.82, 2.24) is 9.55 Å². The summed E-state index contributed by atoms with van der Waals surface area (Å²) in [5, 5.41) is 0. The van der Waals surface area contributed by atoms with Crippen LogP contribution in [0.4, 0.5) is 4.39 Å². The van der Waals surface area contributed by atoms with Gasteiger partial charge in [-0.2, -0.15) is 0 Å². The summed E-state index contributed by atoms with van der Waals surface area (Å²) >= 11 is 0. The highest BCUT2D eigenvalue weighted by Gasteiger charge is 2.11. The van der Waals surface area contributed by atoms with Gasteiger partial charge in [0.25, 0.3) is 0 Å². The largest absolute Gasteiger partial charge is 0.331 e. The number of nitrogens with two attached hydrogens (primary N) is 1. The molecule has 3 nitrogen and oxygen atoms in total. The topological polar surface area (TPSA) is 43.8 Å². The number of fused-ring (bicyclic) bond motifs is 1. The van der Waals surface area contributed by atoms with Crippen molar-refractivity contribution in [2.45, 2.75) is 32.2 Å². The predicted molar refractivity (Wildman–Crippen MR) is 67.3 cm³/mol. The minimum absolute atomic E-state index is 0.125. The summed E-state index contributed by atoms with van der Waals surface area (Å²) in [6.45, 7) is 2.12. The van der Waals surface area contributed by atoms with Crippen molar-refractivity contribution in [2.75, 3.05) is 0 Å². The average molecular weight is 235 g/mol. The average Bonchev–Trinajstić information content (AvgIpc) is 2.55. The minimum Gasteiger partial charge on any atom is -0.331 e. The SMILES string of the molecule is CCCC(N)Cc1nc2cc(F)ccc2n1C. The molecule has 0 amide bonds. The zero-order chi connectivity index (χ0) is 12.4. The molecule has 1 unspecified atom stereocenters. The van der Waals surface area contributed by atoms with Gasteiger partial charge in [0.2, 0.25) is 0 Å². The van der Waals surface area contributed by atoms with E-state index < -0.39 is 0 Å². The molecule has 0 fully saturated rings. The fourth-order valence-electron chi connectivity index (χ4n) is 2.11. The molecule has 2 N–H and O–H groups in total. The van der Waals surface area contributed by atoms with E-state index in [-0.39, 0.29) is 11.9 Å². The zero-order valence-corrected chi connectivity index (χ0v) is 10.3. The number of benzene rings is 1. The second kappa shape index (κ2) is 4.84. The Morgan fingerprint density at radius 3 is 2.94 bits per heavy atom. The number of hydrogen-bond donors (Lipinski definition) is 1. The third-order valence-electron chi connectivity index (χ3n) is 3.04. The van der Waals surface area contributed by atoms with Crippen molar-refractivity contribution >= 4 is 11.0 Å². The van der Waals surface area contributed by atoms with E-state index in [0.717, 1.165) is 30.6 Å². The van der Waals surface area contributed by atoms with Crippen molar-refractivity contribution in [3.05, 3.63) is 29.8 Å². The van der Waals surface area contributed by atoms with Gasteiger partial charge in [0.15, 0.2) is 0 Å². The number of hydrogen-bond acceptors (Lipinski definition) is 2. The van der Waals surface area contributed by atoms with Crippen LogP contribution in [0.2, 0.25) is 0 Å². The Kier molecular flexibility index (Phi) is 3.43. The summed E-state index contributed by atoms with van der Waals surface area (Å²) in [6, 6.07) is 4.80. The van der Waals surface area contributed by atoms with Crippen molar-refractivity contribution in [2.24, 2.45) is 12.8 Å². The first-order valence-corrected chi connectivity index (χ1v) is 5.98. The first-order chi connectivity index (χ1) is 8.11. The Labute approximate surface area is 100 Å². The summed E-state index contributed by atoms with van der Waals surface area (Å²) in [4.78, 5) is 4.44. The van der Waals surface area contributed by atoms with E-state index in [0.29, 0.717) is 5.52 Å². The van der Waals surface area contributed by atoms with Gasteiger partial charge in [-0.1, -0.05) is 13.3 Å². The third kappa shape index (κ3) is 2.47. The quantitative estimate of drug-likeness (QED) is 0.884. The highest BCUT2D eigenvalue weighted by atomic mass is 19.1. The van der Waals surface area contributed by atoms with Gasteiger partial charge in [-0.05, 0) is 18.6 Å². The maximum absolute atomic E-state index is 13.1. The lowest BCUT2D eigenvalue weighted by molar-refractivity contribution is 0.576.